The zero-order valence-electron chi connectivity index (χ0n) is 22.2. The van der Waals surface area contributed by atoms with Crippen LogP contribution in [0.1, 0.15) is 21.2 Å². The van der Waals surface area contributed by atoms with Gasteiger partial charge in [0.2, 0.25) is 5.91 Å². The number of nitro benzene ring substituents is 1. The molecule has 0 bridgehead atoms. The molecule has 0 saturated heterocycles. The minimum absolute atomic E-state index is 0.167. The normalized spacial score (nSPS) is 11.4. The molecule has 1 aromatic heterocycles. The Bertz CT molecular complexity index is 1730. The van der Waals surface area contributed by atoms with Crippen molar-refractivity contribution in [3.05, 3.63) is 130 Å². The van der Waals surface area contributed by atoms with E-state index >= 15 is 0 Å². The summed E-state index contributed by atoms with van der Waals surface area (Å²) in [5.41, 5.74) is 2.95. The summed E-state index contributed by atoms with van der Waals surface area (Å²) in [7, 11) is 1.61. The summed E-state index contributed by atoms with van der Waals surface area (Å²) in [4.78, 5) is 42.2. The first-order chi connectivity index (χ1) is 20.4. The number of aromatic nitrogens is 1. The van der Waals surface area contributed by atoms with Gasteiger partial charge in [-0.25, -0.2) is 4.98 Å². The van der Waals surface area contributed by atoms with Crippen LogP contribution >= 0.6 is 23.1 Å². The molecule has 4 aromatic carbocycles. The average Bonchev–Trinajstić information content (AvgIpc) is 3.49. The molecule has 0 saturated carbocycles. The number of anilines is 2. The van der Waals surface area contributed by atoms with E-state index in [1.54, 1.807) is 25.3 Å². The highest BCUT2D eigenvalue weighted by atomic mass is 32.2. The minimum Gasteiger partial charge on any atom is -0.497 e. The zero-order valence-corrected chi connectivity index (χ0v) is 23.9. The first-order valence-electron chi connectivity index (χ1n) is 12.7. The highest BCUT2D eigenvalue weighted by Crippen LogP contribution is 2.38. The van der Waals surface area contributed by atoms with E-state index in [0.29, 0.717) is 10.8 Å². The lowest BCUT2D eigenvalue weighted by molar-refractivity contribution is -0.384. The summed E-state index contributed by atoms with van der Waals surface area (Å²) in [6.45, 7) is 0. The molecule has 11 heteroatoms. The molecule has 0 aliphatic rings. The van der Waals surface area contributed by atoms with Gasteiger partial charge in [-0.05, 0) is 54.1 Å². The van der Waals surface area contributed by atoms with Crippen LogP contribution in [0.3, 0.4) is 0 Å². The average molecular weight is 597 g/mol. The minimum atomic E-state index is -0.609. The number of nitrogens with zero attached hydrogens (tertiary/aromatic N) is 2. The number of rotatable bonds is 10. The lowest BCUT2D eigenvalue weighted by Gasteiger charge is -2.17. The second kappa shape index (κ2) is 13.1. The molecule has 2 amide bonds. The maximum absolute atomic E-state index is 13.6. The van der Waals surface area contributed by atoms with E-state index in [2.05, 4.69) is 15.6 Å². The van der Waals surface area contributed by atoms with Gasteiger partial charge in [-0.3, -0.25) is 19.7 Å². The topological polar surface area (TPSA) is 123 Å². The van der Waals surface area contributed by atoms with Gasteiger partial charge < -0.3 is 15.4 Å². The Morgan fingerprint density at radius 3 is 2.43 bits per heavy atom. The molecule has 210 valence electrons. The van der Waals surface area contributed by atoms with Gasteiger partial charge in [-0.2, -0.15) is 0 Å². The van der Waals surface area contributed by atoms with Crippen molar-refractivity contribution in [3.8, 4) is 17.0 Å². The Hall–Kier alpha value is -5.00. The molecule has 1 heterocycles. The Balaban J connectivity index is 1.32. The maximum Gasteiger partial charge on any atom is 0.270 e. The second-order valence-electron chi connectivity index (χ2n) is 8.95. The van der Waals surface area contributed by atoms with Gasteiger partial charge in [-0.1, -0.05) is 42.5 Å². The van der Waals surface area contributed by atoms with Crippen LogP contribution in [0.5, 0.6) is 5.75 Å². The van der Waals surface area contributed by atoms with Crippen molar-refractivity contribution in [2.45, 2.75) is 10.1 Å². The van der Waals surface area contributed by atoms with Crippen LogP contribution in [-0.2, 0) is 4.79 Å². The fraction of sp³-hybridized carbons (Fsp3) is 0.0645. The Labute approximate surface area is 249 Å². The van der Waals surface area contributed by atoms with Crippen molar-refractivity contribution >= 4 is 51.4 Å². The van der Waals surface area contributed by atoms with Crippen LogP contribution < -0.4 is 15.4 Å². The first kappa shape index (κ1) is 28.5. The highest BCUT2D eigenvalue weighted by Gasteiger charge is 2.23. The third-order valence-electron chi connectivity index (χ3n) is 6.13. The van der Waals surface area contributed by atoms with E-state index in [1.165, 1.54) is 47.4 Å². The van der Waals surface area contributed by atoms with Crippen LogP contribution in [0.2, 0.25) is 0 Å². The largest absolute Gasteiger partial charge is 0.497 e. The van der Waals surface area contributed by atoms with Crippen molar-refractivity contribution in [2.24, 2.45) is 0 Å². The van der Waals surface area contributed by atoms with E-state index in [4.69, 9.17) is 4.74 Å². The van der Waals surface area contributed by atoms with Crippen molar-refractivity contribution in [1.29, 1.82) is 0 Å². The van der Waals surface area contributed by atoms with Gasteiger partial charge in [0.05, 0.1) is 17.7 Å². The molecule has 0 aliphatic carbocycles. The molecule has 9 nitrogen and oxygen atoms in total. The number of hydrogen-bond acceptors (Lipinski definition) is 8. The van der Waals surface area contributed by atoms with Crippen LogP contribution in [0.4, 0.5) is 16.5 Å². The fourth-order valence-corrected chi connectivity index (χ4v) is 5.85. The molecule has 1 atom stereocenters. The number of carbonyl (C=O) groups is 2. The van der Waals surface area contributed by atoms with Crippen LogP contribution in [0.15, 0.2) is 113 Å². The van der Waals surface area contributed by atoms with Gasteiger partial charge in [0, 0.05) is 39.2 Å². The van der Waals surface area contributed by atoms with Crippen LogP contribution in [-0.4, -0.2) is 28.8 Å². The van der Waals surface area contributed by atoms with Crippen molar-refractivity contribution in [1.82, 2.24) is 4.98 Å². The number of methoxy groups -OCH3 is 1. The summed E-state index contributed by atoms with van der Waals surface area (Å²) in [5.74, 6) is 0.0282. The fourth-order valence-electron chi connectivity index (χ4n) is 4.04. The number of hydrogen-bond donors (Lipinski definition) is 2. The standard InChI is InChI=1S/C31H24N4O5S2/c1-40-25-15-13-20(14-16-25)27-19-41-31(33-27)34-30(37)28(21-7-3-2-4-8-21)42-26-12-6-10-23(18-26)32-29(36)22-9-5-11-24(17-22)35(38)39/h2-19,28H,1H3,(H,32,36)(H,33,34,37). The van der Waals surface area contributed by atoms with Gasteiger partial charge in [0.1, 0.15) is 11.0 Å². The molecule has 5 rings (SSSR count). The summed E-state index contributed by atoms with van der Waals surface area (Å²) in [5, 5.41) is 18.6. The van der Waals surface area contributed by atoms with E-state index in [1.807, 2.05) is 66.0 Å². The highest BCUT2D eigenvalue weighted by molar-refractivity contribution is 8.00. The van der Waals surface area contributed by atoms with Crippen LogP contribution in [0, 0.1) is 10.1 Å². The third-order valence-corrected chi connectivity index (χ3v) is 8.13. The molecule has 2 N–H and O–H groups in total. The number of nitrogens with one attached hydrogen (secondary N) is 2. The Morgan fingerprint density at radius 1 is 0.929 bits per heavy atom. The number of nitro groups is 1. The molecule has 42 heavy (non-hydrogen) atoms. The van der Waals surface area contributed by atoms with E-state index in [9.17, 15) is 19.7 Å². The predicted octanol–water partition coefficient (Wildman–Crippen LogP) is 7.45. The zero-order chi connectivity index (χ0) is 29.5. The van der Waals surface area contributed by atoms with Gasteiger partial charge in [0.25, 0.3) is 11.6 Å². The van der Waals surface area contributed by atoms with Crippen LogP contribution in [0.25, 0.3) is 11.3 Å². The van der Waals surface area contributed by atoms with E-state index in [0.717, 1.165) is 27.5 Å². The molecule has 1 unspecified atom stereocenters. The Morgan fingerprint density at radius 2 is 1.69 bits per heavy atom. The van der Waals surface area contributed by atoms with Gasteiger partial charge in [-0.15, -0.1) is 23.1 Å². The summed E-state index contributed by atoms with van der Waals surface area (Å²) >= 11 is 2.67. The van der Waals surface area contributed by atoms with Gasteiger partial charge >= 0.3 is 0 Å². The molecular formula is C31H24N4O5S2. The van der Waals surface area contributed by atoms with E-state index in [-0.39, 0.29) is 17.2 Å². The van der Waals surface area contributed by atoms with Crippen molar-refractivity contribution < 1.29 is 19.2 Å². The molecule has 0 aliphatic heterocycles. The number of amides is 2. The molecular weight excluding hydrogens is 572 g/mol. The van der Waals surface area contributed by atoms with Crippen molar-refractivity contribution in [2.75, 3.05) is 17.7 Å². The lowest BCUT2D eigenvalue weighted by Crippen LogP contribution is -2.19. The van der Waals surface area contributed by atoms with E-state index < -0.39 is 16.1 Å². The number of carbonyl (C=O) groups excluding carboxylic acids is 2. The summed E-state index contributed by atoms with van der Waals surface area (Å²) in [6, 6.07) is 29.5. The summed E-state index contributed by atoms with van der Waals surface area (Å²) in [6.07, 6.45) is 0. The number of ether oxygens (including phenoxy) is 1. The molecule has 0 fully saturated rings. The molecule has 5 aromatic rings. The predicted molar refractivity (Wildman–Crippen MR) is 165 cm³/mol. The first-order valence-corrected chi connectivity index (χ1v) is 14.4. The quantitative estimate of drug-likeness (QED) is 0.0975. The van der Waals surface area contributed by atoms with Crippen molar-refractivity contribution in [3.63, 3.8) is 0 Å². The number of thioether (sulfide) groups is 1. The third kappa shape index (κ3) is 7.00. The number of benzene rings is 4. The van der Waals surface area contributed by atoms with Gasteiger partial charge in [0.15, 0.2) is 5.13 Å². The SMILES string of the molecule is COc1ccc(-c2csc(NC(=O)C(Sc3cccc(NC(=O)c4cccc([N+](=O)[O-])c4)c3)c3ccccc3)n2)cc1. The molecule has 0 radical (unpaired) electrons. The smallest absolute Gasteiger partial charge is 0.270 e. The second-order valence-corrected chi connectivity index (χ2v) is 11.0. The monoisotopic (exact) mass is 596 g/mol. The number of thiazole rings is 1. The summed E-state index contributed by atoms with van der Waals surface area (Å²) < 4.78 is 5.22. The molecule has 0 spiro atoms. The number of non-ortho nitro benzene ring substituents is 1. The Kier molecular flexibility index (Phi) is 8.90. The lowest BCUT2D eigenvalue weighted by atomic mass is 10.1. The maximum atomic E-state index is 13.6.